The number of fused-ring (bicyclic) bond motifs is 1. The molecule has 5 heteroatoms. The molecule has 2 aromatic carbocycles. The zero-order valence-electron chi connectivity index (χ0n) is 11.7. The molecule has 0 saturated heterocycles. The maximum Gasteiger partial charge on any atom is 0.338 e. The minimum atomic E-state index is -0.453. The predicted octanol–water partition coefficient (Wildman–Crippen LogP) is 2.88. The van der Waals surface area contributed by atoms with Crippen LogP contribution < -0.4 is 14.2 Å². The Morgan fingerprint density at radius 1 is 1.14 bits per heavy atom. The number of carbonyl (C=O) groups is 1. The first-order valence-corrected chi connectivity index (χ1v) is 6.40. The van der Waals surface area contributed by atoms with E-state index < -0.39 is 5.97 Å². The topological polar surface area (TPSA) is 54.0 Å². The Kier molecular flexibility index (Phi) is 3.39. The molecule has 0 unspecified atom stereocenters. The number of benzene rings is 2. The van der Waals surface area contributed by atoms with Crippen LogP contribution in [-0.2, 0) is 4.74 Å². The molecule has 0 saturated carbocycles. The molecule has 0 spiro atoms. The first-order valence-electron chi connectivity index (χ1n) is 6.40. The summed E-state index contributed by atoms with van der Waals surface area (Å²) in [6, 6.07) is 11.1. The number of hydrogen-bond donors (Lipinski definition) is 0. The highest BCUT2D eigenvalue weighted by Gasteiger charge is 2.28. The lowest BCUT2D eigenvalue weighted by atomic mass is 9.97. The fraction of sp³-hybridized carbons (Fsp3) is 0.188. The highest BCUT2D eigenvalue weighted by molar-refractivity contribution is 6.01. The van der Waals surface area contributed by atoms with E-state index in [9.17, 15) is 4.79 Å². The maximum absolute atomic E-state index is 12.1. The third kappa shape index (κ3) is 2.16. The van der Waals surface area contributed by atoms with E-state index in [1.54, 1.807) is 6.07 Å². The average Bonchev–Trinajstić information content (AvgIpc) is 3.01. The molecule has 0 amide bonds. The van der Waals surface area contributed by atoms with Crippen LogP contribution in [-0.4, -0.2) is 27.0 Å². The first-order chi connectivity index (χ1) is 10.3. The van der Waals surface area contributed by atoms with Crippen molar-refractivity contribution in [2.24, 2.45) is 0 Å². The van der Waals surface area contributed by atoms with Crippen LogP contribution >= 0.6 is 0 Å². The second kappa shape index (κ2) is 5.36. The summed E-state index contributed by atoms with van der Waals surface area (Å²) in [6.07, 6.45) is 0. The maximum atomic E-state index is 12.1. The molecule has 108 valence electrons. The summed E-state index contributed by atoms with van der Waals surface area (Å²) in [5, 5.41) is 0. The molecule has 1 aliphatic rings. The molecule has 1 aliphatic heterocycles. The van der Waals surface area contributed by atoms with Gasteiger partial charge in [0.05, 0.1) is 19.8 Å². The number of esters is 1. The quantitative estimate of drug-likeness (QED) is 0.812. The van der Waals surface area contributed by atoms with Crippen LogP contribution in [0.4, 0.5) is 0 Å². The molecule has 5 nitrogen and oxygen atoms in total. The lowest BCUT2D eigenvalue weighted by Gasteiger charge is -2.15. The van der Waals surface area contributed by atoms with E-state index in [-0.39, 0.29) is 6.79 Å². The first kappa shape index (κ1) is 13.3. The molecular formula is C16H14O5. The summed E-state index contributed by atoms with van der Waals surface area (Å²) in [5.74, 6) is 0.998. The molecule has 0 fully saturated rings. The standard InChI is InChI=1S/C16H14O5/c1-18-15-13(10-6-4-3-5-7-10)11(16(17)19-2)8-12-14(15)21-9-20-12/h3-8H,9H2,1-2H3. The summed E-state index contributed by atoms with van der Waals surface area (Å²) in [4.78, 5) is 12.1. The van der Waals surface area contributed by atoms with Crippen molar-refractivity contribution >= 4 is 5.97 Å². The second-order valence-electron chi connectivity index (χ2n) is 4.42. The third-order valence-corrected chi connectivity index (χ3v) is 3.29. The van der Waals surface area contributed by atoms with E-state index in [4.69, 9.17) is 18.9 Å². The lowest BCUT2D eigenvalue weighted by molar-refractivity contribution is 0.0601. The average molecular weight is 286 g/mol. The molecule has 1 heterocycles. The van der Waals surface area contributed by atoms with Gasteiger partial charge in [0, 0.05) is 5.56 Å². The number of hydrogen-bond acceptors (Lipinski definition) is 5. The molecule has 0 aliphatic carbocycles. The molecule has 21 heavy (non-hydrogen) atoms. The van der Waals surface area contributed by atoms with Gasteiger partial charge >= 0.3 is 5.97 Å². The molecule has 3 rings (SSSR count). The van der Waals surface area contributed by atoms with Crippen LogP contribution in [0.25, 0.3) is 11.1 Å². The van der Waals surface area contributed by atoms with Gasteiger partial charge < -0.3 is 18.9 Å². The van der Waals surface area contributed by atoms with E-state index in [1.165, 1.54) is 14.2 Å². The number of carbonyl (C=O) groups excluding carboxylic acids is 1. The van der Waals surface area contributed by atoms with Crippen molar-refractivity contribution in [1.82, 2.24) is 0 Å². The summed E-state index contributed by atoms with van der Waals surface area (Å²) >= 11 is 0. The summed E-state index contributed by atoms with van der Waals surface area (Å²) in [6.45, 7) is 0.102. The third-order valence-electron chi connectivity index (χ3n) is 3.29. The Hall–Kier alpha value is -2.69. The Morgan fingerprint density at radius 2 is 1.90 bits per heavy atom. The van der Waals surface area contributed by atoms with Gasteiger partial charge in [-0.05, 0) is 11.6 Å². The van der Waals surface area contributed by atoms with Gasteiger partial charge in [0.15, 0.2) is 11.5 Å². The van der Waals surface area contributed by atoms with Crippen molar-refractivity contribution in [1.29, 1.82) is 0 Å². The van der Waals surface area contributed by atoms with Crippen molar-refractivity contribution in [2.75, 3.05) is 21.0 Å². The summed E-state index contributed by atoms with van der Waals surface area (Å²) in [5.41, 5.74) is 1.85. The smallest absolute Gasteiger partial charge is 0.338 e. The normalized spacial score (nSPS) is 12.1. The van der Waals surface area contributed by atoms with Crippen molar-refractivity contribution in [3.05, 3.63) is 42.0 Å². The zero-order chi connectivity index (χ0) is 14.8. The summed E-state index contributed by atoms with van der Waals surface area (Å²) < 4.78 is 21.1. The Labute approximate surface area is 122 Å². The van der Waals surface area contributed by atoms with E-state index in [2.05, 4.69) is 0 Å². The summed E-state index contributed by atoms with van der Waals surface area (Å²) in [7, 11) is 2.87. The Bertz CT molecular complexity index is 679. The Balaban J connectivity index is 2.31. The molecule has 0 atom stereocenters. The SMILES string of the molecule is COC(=O)c1cc2c(c(OC)c1-c1ccccc1)OCO2. The van der Waals surface area contributed by atoms with Crippen molar-refractivity contribution in [2.45, 2.75) is 0 Å². The molecule has 0 N–H and O–H groups in total. The van der Waals surface area contributed by atoms with E-state index in [0.29, 0.717) is 28.4 Å². The van der Waals surface area contributed by atoms with Crippen molar-refractivity contribution < 1.29 is 23.7 Å². The minimum Gasteiger partial charge on any atom is -0.492 e. The minimum absolute atomic E-state index is 0.102. The molecule has 2 aromatic rings. The van der Waals surface area contributed by atoms with E-state index >= 15 is 0 Å². The van der Waals surface area contributed by atoms with Crippen LogP contribution in [0.1, 0.15) is 10.4 Å². The van der Waals surface area contributed by atoms with Crippen LogP contribution in [0.2, 0.25) is 0 Å². The second-order valence-corrected chi connectivity index (χ2v) is 4.42. The highest BCUT2D eigenvalue weighted by atomic mass is 16.7. The van der Waals surface area contributed by atoms with Gasteiger partial charge in [-0.2, -0.15) is 0 Å². The van der Waals surface area contributed by atoms with Crippen molar-refractivity contribution in [3.63, 3.8) is 0 Å². The van der Waals surface area contributed by atoms with Gasteiger partial charge in [-0.25, -0.2) is 4.79 Å². The van der Waals surface area contributed by atoms with E-state index in [1.807, 2.05) is 30.3 Å². The Morgan fingerprint density at radius 3 is 2.57 bits per heavy atom. The largest absolute Gasteiger partial charge is 0.492 e. The molecule has 0 aromatic heterocycles. The van der Waals surface area contributed by atoms with Gasteiger partial charge in [-0.1, -0.05) is 30.3 Å². The van der Waals surface area contributed by atoms with Crippen LogP contribution in [0.3, 0.4) is 0 Å². The molecule has 0 radical (unpaired) electrons. The number of ether oxygens (including phenoxy) is 4. The fourth-order valence-corrected chi connectivity index (χ4v) is 2.37. The predicted molar refractivity (Wildman–Crippen MR) is 75.9 cm³/mol. The zero-order valence-corrected chi connectivity index (χ0v) is 11.7. The van der Waals surface area contributed by atoms with Crippen molar-refractivity contribution in [3.8, 4) is 28.4 Å². The van der Waals surface area contributed by atoms with Crippen LogP contribution in [0, 0.1) is 0 Å². The lowest BCUT2D eigenvalue weighted by Crippen LogP contribution is -2.05. The molecule has 0 bridgehead atoms. The number of methoxy groups -OCH3 is 2. The van der Waals surface area contributed by atoms with Gasteiger partial charge in [0.1, 0.15) is 0 Å². The van der Waals surface area contributed by atoms with E-state index in [0.717, 1.165) is 5.56 Å². The van der Waals surface area contributed by atoms with Gasteiger partial charge in [-0.15, -0.1) is 0 Å². The monoisotopic (exact) mass is 286 g/mol. The van der Waals surface area contributed by atoms with Gasteiger partial charge in [0.2, 0.25) is 12.5 Å². The highest BCUT2D eigenvalue weighted by Crippen LogP contribution is 2.49. The van der Waals surface area contributed by atoms with Gasteiger partial charge in [0.25, 0.3) is 0 Å². The molecular weight excluding hydrogens is 272 g/mol. The fourth-order valence-electron chi connectivity index (χ4n) is 2.37. The van der Waals surface area contributed by atoms with Gasteiger partial charge in [-0.3, -0.25) is 0 Å². The van der Waals surface area contributed by atoms with Crippen LogP contribution in [0.15, 0.2) is 36.4 Å². The van der Waals surface area contributed by atoms with Crippen LogP contribution in [0.5, 0.6) is 17.2 Å². The number of rotatable bonds is 3.